The molecule has 3 nitrogen and oxygen atoms in total. The highest BCUT2D eigenvalue weighted by atomic mass is 35.5. The fourth-order valence-corrected chi connectivity index (χ4v) is 2.51. The predicted molar refractivity (Wildman–Crippen MR) is 73.6 cm³/mol. The monoisotopic (exact) mass is 264 g/mol. The summed E-state index contributed by atoms with van der Waals surface area (Å²) >= 11 is 6.17. The lowest BCUT2D eigenvalue weighted by Gasteiger charge is -2.29. The van der Waals surface area contributed by atoms with Crippen LogP contribution in [0.3, 0.4) is 0 Å². The first-order valence-corrected chi connectivity index (χ1v) is 6.47. The molecule has 96 valence electrons. The molecule has 1 aliphatic rings. The van der Waals surface area contributed by atoms with Gasteiger partial charge in [-0.2, -0.15) is 0 Å². The Morgan fingerprint density at radius 3 is 3.17 bits per heavy atom. The lowest BCUT2D eigenvalue weighted by atomic mass is 10.00. The van der Waals surface area contributed by atoms with E-state index in [2.05, 4.69) is 22.9 Å². The molecular weight excluding hydrogens is 248 g/mol. The van der Waals surface area contributed by atoms with Gasteiger partial charge in [-0.3, -0.25) is 9.69 Å². The number of hydrogen-bond donors (Lipinski definition) is 1. The molecule has 18 heavy (non-hydrogen) atoms. The van der Waals surface area contributed by atoms with Crippen molar-refractivity contribution in [3.63, 3.8) is 0 Å². The fraction of sp³-hybridized carbons (Fsp3) is 0.357. The van der Waals surface area contributed by atoms with E-state index >= 15 is 0 Å². The molecule has 2 rings (SSSR count). The molecular formula is C14H17ClN2O. The molecule has 0 radical (unpaired) electrons. The van der Waals surface area contributed by atoms with Gasteiger partial charge in [0.05, 0.1) is 0 Å². The summed E-state index contributed by atoms with van der Waals surface area (Å²) in [6, 6.07) is 6.06. The average molecular weight is 265 g/mol. The normalized spacial score (nSPS) is 14.9. The van der Waals surface area contributed by atoms with Gasteiger partial charge in [0, 0.05) is 31.2 Å². The van der Waals surface area contributed by atoms with Gasteiger partial charge in [-0.1, -0.05) is 30.3 Å². The summed E-state index contributed by atoms with van der Waals surface area (Å²) in [5, 5.41) is 3.66. The Balaban J connectivity index is 1.88. The highest BCUT2D eigenvalue weighted by molar-refractivity contribution is 6.31. The molecule has 0 saturated heterocycles. The van der Waals surface area contributed by atoms with Crippen molar-refractivity contribution in [1.29, 1.82) is 0 Å². The molecule has 0 spiro atoms. The number of carbonyl (C=O) groups excluding carboxylic acids is 1. The van der Waals surface area contributed by atoms with Crippen LogP contribution in [0.2, 0.25) is 5.02 Å². The van der Waals surface area contributed by atoms with Crippen molar-refractivity contribution >= 4 is 17.5 Å². The summed E-state index contributed by atoms with van der Waals surface area (Å²) in [7, 11) is 0. The highest BCUT2D eigenvalue weighted by Crippen LogP contribution is 2.25. The smallest absolute Gasteiger partial charge is 0.243 e. The van der Waals surface area contributed by atoms with Gasteiger partial charge in [0.1, 0.15) is 0 Å². The van der Waals surface area contributed by atoms with Crippen molar-refractivity contribution in [3.8, 4) is 0 Å². The Kier molecular flexibility index (Phi) is 4.39. The van der Waals surface area contributed by atoms with Crippen LogP contribution in [-0.4, -0.2) is 30.4 Å². The SMILES string of the molecule is C=CC(=O)NCCN1CCc2c(Cl)cccc2C1. The van der Waals surface area contributed by atoms with E-state index in [4.69, 9.17) is 11.6 Å². The van der Waals surface area contributed by atoms with E-state index in [0.29, 0.717) is 6.54 Å². The molecule has 0 aliphatic carbocycles. The lowest BCUT2D eigenvalue weighted by molar-refractivity contribution is -0.116. The van der Waals surface area contributed by atoms with Crippen molar-refractivity contribution in [2.24, 2.45) is 0 Å². The van der Waals surface area contributed by atoms with Crippen molar-refractivity contribution in [3.05, 3.63) is 47.0 Å². The van der Waals surface area contributed by atoms with Gasteiger partial charge >= 0.3 is 0 Å². The van der Waals surface area contributed by atoms with Gasteiger partial charge in [0.15, 0.2) is 0 Å². The quantitative estimate of drug-likeness (QED) is 0.844. The molecule has 0 fully saturated rings. The Hall–Kier alpha value is -1.32. The van der Waals surface area contributed by atoms with Crippen LogP contribution >= 0.6 is 11.6 Å². The summed E-state index contributed by atoms with van der Waals surface area (Å²) in [6.07, 6.45) is 2.27. The second-order valence-corrected chi connectivity index (χ2v) is 4.81. The van der Waals surface area contributed by atoms with Crippen LogP contribution in [0, 0.1) is 0 Å². The highest BCUT2D eigenvalue weighted by Gasteiger charge is 2.17. The third kappa shape index (κ3) is 3.12. The molecule has 1 heterocycles. The Labute approximate surface area is 112 Å². The Morgan fingerprint density at radius 1 is 1.56 bits per heavy atom. The molecule has 1 aromatic carbocycles. The number of nitrogens with one attached hydrogen (secondary N) is 1. The molecule has 0 bridgehead atoms. The number of benzene rings is 1. The third-order valence-electron chi connectivity index (χ3n) is 3.20. The predicted octanol–water partition coefficient (Wildman–Crippen LogP) is 2.00. The minimum atomic E-state index is -0.115. The van der Waals surface area contributed by atoms with Crippen LogP contribution in [0.4, 0.5) is 0 Å². The maximum atomic E-state index is 11.0. The van der Waals surface area contributed by atoms with E-state index in [1.165, 1.54) is 17.2 Å². The van der Waals surface area contributed by atoms with Crippen LogP contribution in [-0.2, 0) is 17.8 Å². The van der Waals surface area contributed by atoms with Crippen molar-refractivity contribution < 1.29 is 4.79 Å². The van der Waals surface area contributed by atoms with E-state index in [0.717, 1.165) is 31.1 Å². The number of carbonyl (C=O) groups is 1. The topological polar surface area (TPSA) is 32.3 Å². The first-order chi connectivity index (χ1) is 8.70. The maximum Gasteiger partial charge on any atom is 0.243 e. The van der Waals surface area contributed by atoms with Crippen LogP contribution in [0.1, 0.15) is 11.1 Å². The van der Waals surface area contributed by atoms with E-state index < -0.39 is 0 Å². The van der Waals surface area contributed by atoms with Crippen LogP contribution in [0.5, 0.6) is 0 Å². The van der Waals surface area contributed by atoms with E-state index in [9.17, 15) is 4.79 Å². The van der Waals surface area contributed by atoms with Crippen LogP contribution < -0.4 is 5.32 Å². The van der Waals surface area contributed by atoms with E-state index in [-0.39, 0.29) is 5.91 Å². The number of nitrogens with zero attached hydrogens (tertiary/aromatic N) is 1. The zero-order valence-corrected chi connectivity index (χ0v) is 11.0. The van der Waals surface area contributed by atoms with Gasteiger partial charge < -0.3 is 5.32 Å². The Bertz CT molecular complexity index is 459. The fourth-order valence-electron chi connectivity index (χ4n) is 2.22. The van der Waals surface area contributed by atoms with Gasteiger partial charge in [-0.15, -0.1) is 0 Å². The minimum absolute atomic E-state index is 0.115. The lowest BCUT2D eigenvalue weighted by Crippen LogP contribution is -2.37. The van der Waals surface area contributed by atoms with Crippen molar-refractivity contribution in [1.82, 2.24) is 10.2 Å². The van der Waals surface area contributed by atoms with Gasteiger partial charge in [-0.05, 0) is 29.7 Å². The first-order valence-electron chi connectivity index (χ1n) is 6.09. The molecule has 0 saturated carbocycles. The van der Waals surface area contributed by atoms with Gasteiger partial charge in [0.25, 0.3) is 0 Å². The molecule has 0 atom stereocenters. The average Bonchev–Trinajstić information content (AvgIpc) is 2.38. The summed E-state index contributed by atoms with van der Waals surface area (Å²) in [6.45, 7) is 6.82. The van der Waals surface area contributed by atoms with Crippen molar-refractivity contribution in [2.45, 2.75) is 13.0 Å². The molecule has 1 amide bonds. The van der Waals surface area contributed by atoms with E-state index in [1.54, 1.807) is 0 Å². The largest absolute Gasteiger partial charge is 0.351 e. The number of rotatable bonds is 4. The molecule has 0 aromatic heterocycles. The molecule has 1 N–H and O–H groups in total. The number of amides is 1. The zero-order chi connectivity index (χ0) is 13.0. The summed E-state index contributed by atoms with van der Waals surface area (Å²) in [4.78, 5) is 13.4. The first kappa shape index (κ1) is 13.1. The van der Waals surface area contributed by atoms with Gasteiger partial charge in [0.2, 0.25) is 5.91 Å². The summed E-state index contributed by atoms with van der Waals surface area (Å²) < 4.78 is 0. The maximum absolute atomic E-state index is 11.0. The summed E-state index contributed by atoms with van der Waals surface area (Å²) in [5.41, 5.74) is 2.56. The molecule has 4 heteroatoms. The third-order valence-corrected chi connectivity index (χ3v) is 3.55. The zero-order valence-electron chi connectivity index (χ0n) is 10.3. The van der Waals surface area contributed by atoms with Crippen LogP contribution in [0.15, 0.2) is 30.9 Å². The van der Waals surface area contributed by atoms with E-state index in [1.807, 2.05) is 12.1 Å². The summed E-state index contributed by atoms with van der Waals surface area (Å²) in [5.74, 6) is -0.115. The Morgan fingerprint density at radius 2 is 2.39 bits per heavy atom. The molecule has 1 aliphatic heterocycles. The second-order valence-electron chi connectivity index (χ2n) is 4.40. The van der Waals surface area contributed by atoms with Crippen LogP contribution in [0.25, 0.3) is 0 Å². The van der Waals surface area contributed by atoms with Gasteiger partial charge in [-0.25, -0.2) is 0 Å². The number of fused-ring (bicyclic) bond motifs is 1. The van der Waals surface area contributed by atoms with Crippen molar-refractivity contribution in [2.75, 3.05) is 19.6 Å². The number of halogens is 1. The molecule has 1 aromatic rings. The molecule has 0 unspecified atom stereocenters. The standard InChI is InChI=1S/C14H17ClN2O/c1-2-14(18)16-7-9-17-8-6-12-11(10-17)4-3-5-13(12)15/h2-5H,1,6-10H2,(H,16,18). The second kappa shape index (κ2) is 6.03. The minimum Gasteiger partial charge on any atom is -0.351 e. The number of hydrogen-bond acceptors (Lipinski definition) is 2.